The molecule has 0 unspecified atom stereocenters. The molecule has 0 aliphatic rings. The Labute approximate surface area is 138 Å². The first-order chi connectivity index (χ1) is 11.5. The summed E-state index contributed by atoms with van der Waals surface area (Å²) in [6.07, 6.45) is 3.02. The Balaban J connectivity index is 2.21. The quantitative estimate of drug-likeness (QED) is 0.202. The van der Waals surface area contributed by atoms with E-state index in [1.165, 1.54) is 36.4 Å². The van der Waals surface area contributed by atoms with Gasteiger partial charge in [0.1, 0.15) is 11.5 Å². The lowest BCUT2D eigenvalue weighted by atomic mass is 10.1. The number of carbonyl (C=O) groups is 1. The minimum atomic E-state index is -0.589. The van der Waals surface area contributed by atoms with Crippen LogP contribution in [-0.4, -0.2) is 18.0 Å². The van der Waals surface area contributed by atoms with Crippen LogP contribution in [0, 0.1) is 10.1 Å². The number of nitro benzene ring substituents is 1. The van der Waals surface area contributed by atoms with Gasteiger partial charge in [-0.25, -0.2) is 4.79 Å². The molecule has 24 heavy (non-hydrogen) atoms. The van der Waals surface area contributed by atoms with Crippen molar-refractivity contribution in [2.75, 3.05) is 7.11 Å². The number of carbonyl (C=O) groups excluding carboxylic acids is 1. The molecule has 0 N–H and O–H groups in total. The smallest absolute Gasteiger partial charge is 0.344 e. The molecule has 0 fully saturated rings. The fraction of sp³-hybridized carbons (Fsp3) is 0.0556. The molecule has 0 saturated heterocycles. The lowest BCUT2D eigenvalue weighted by molar-refractivity contribution is -0.384. The van der Waals surface area contributed by atoms with Crippen molar-refractivity contribution in [1.82, 2.24) is 0 Å². The Bertz CT molecular complexity index is 776. The van der Waals surface area contributed by atoms with Crippen molar-refractivity contribution in [2.45, 2.75) is 0 Å². The molecule has 0 bridgehead atoms. The summed E-state index contributed by atoms with van der Waals surface area (Å²) in [5.41, 5.74) is 0.875. The summed E-state index contributed by atoms with van der Waals surface area (Å²) in [7, 11) is 1.55. The van der Waals surface area contributed by atoms with Crippen molar-refractivity contribution in [3.05, 3.63) is 82.9 Å². The predicted octanol–water partition coefficient (Wildman–Crippen LogP) is 3.78. The molecule has 0 spiro atoms. The zero-order valence-corrected chi connectivity index (χ0v) is 13.0. The highest BCUT2D eigenvalue weighted by Gasteiger charge is 2.15. The third-order valence-corrected chi connectivity index (χ3v) is 3.16. The summed E-state index contributed by atoms with van der Waals surface area (Å²) in [6.45, 7) is 3.60. The summed E-state index contributed by atoms with van der Waals surface area (Å²) < 4.78 is 10.4. The minimum Gasteiger partial charge on any atom is -0.497 e. The number of methoxy groups -OCH3 is 1. The SMILES string of the molecule is C=C/C=C(/C(=O)Oc1ccc([N+](=O)[O-])cc1)c1ccc(OC)cc1. The van der Waals surface area contributed by atoms with Crippen LogP contribution in [0.4, 0.5) is 5.69 Å². The van der Waals surface area contributed by atoms with Crippen molar-refractivity contribution in [2.24, 2.45) is 0 Å². The number of allylic oxidation sites excluding steroid dienone is 2. The molecule has 0 aliphatic carbocycles. The van der Waals surface area contributed by atoms with Gasteiger partial charge in [0, 0.05) is 12.1 Å². The van der Waals surface area contributed by atoms with Crippen molar-refractivity contribution in [1.29, 1.82) is 0 Å². The molecular weight excluding hydrogens is 310 g/mol. The predicted molar refractivity (Wildman–Crippen MR) is 89.9 cm³/mol. The molecule has 0 heterocycles. The third-order valence-electron chi connectivity index (χ3n) is 3.16. The number of esters is 1. The molecule has 0 aromatic heterocycles. The number of benzene rings is 2. The zero-order valence-electron chi connectivity index (χ0n) is 13.0. The molecule has 122 valence electrons. The average Bonchev–Trinajstić information content (AvgIpc) is 2.60. The molecule has 0 aliphatic heterocycles. The second-order valence-electron chi connectivity index (χ2n) is 4.69. The van der Waals surface area contributed by atoms with E-state index in [9.17, 15) is 14.9 Å². The van der Waals surface area contributed by atoms with Crippen LogP contribution in [-0.2, 0) is 4.79 Å². The van der Waals surface area contributed by atoms with Gasteiger partial charge in [-0.1, -0.05) is 24.8 Å². The number of ether oxygens (including phenoxy) is 2. The monoisotopic (exact) mass is 325 g/mol. The standard InChI is InChI=1S/C18H15NO5/c1-3-4-17(13-5-9-15(23-2)10-6-13)18(20)24-16-11-7-14(8-12-16)19(21)22/h3-12H,1H2,2H3/b17-4+. The fourth-order valence-electron chi connectivity index (χ4n) is 1.97. The maximum atomic E-state index is 12.4. The largest absolute Gasteiger partial charge is 0.497 e. The molecule has 0 radical (unpaired) electrons. The highest BCUT2D eigenvalue weighted by Crippen LogP contribution is 2.23. The summed E-state index contributed by atoms with van der Waals surface area (Å²) >= 11 is 0. The Morgan fingerprint density at radius 3 is 2.17 bits per heavy atom. The second kappa shape index (κ2) is 7.73. The van der Waals surface area contributed by atoms with Gasteiger partial charge in [-0.15, -0.1) is 0 Å². The van der Waals surface area contributed by atoms with E-state index in [0.717, 1.165) is 0 Å². The first-order valence-corrected chi connectivity index (χ1v) is 6.99. The lowest BCUT2D eigenvalue weighted by Crippen LogP contribution is -2.10. The normalized spacial score (nSPS) is 10.8. The van der Waals surface area contributed by atoms with Crippen LogP contribution in [0.5, 0.6) is 11.5 Å². The summed E-state index contributed by atoms with van der Waals surface area (Å²) in [6, 6.07) is 12.2. The number of nitro groups is 1. The number of non-ortho nitro benzene ring substituents is 1. The van der Waals surface area contributed by atoms with Crippen LogP contribution >= 0.6 is 0 Å². The van der Waals surface area contributed by atoms with Gasteiger partial charge in [0.25, 0.3) is 5.69 Å². The maximum Gasteiger partial charge on any atom is 0.344 e. The van der Waals surface area contributed by atoms with Gasteiger partial charge in [-0.05, 0) is 35.9 Å². The highest BCUT2D eigenvalue weighted by molar-refractivity contribution is 6.17. The zero-order chi connectivity index (χ0) is 17.5. The Morgan fingerprint density at radius 2 is 1.67 bits per heavy atom. The second-order valence-corrected chi connectivity index (χ2v) is 4.69. The van der Waals surface area contributed by atoms with E-state index in [2.05, 4.69) is 6.58 Å². The van der Waals surface area contributed by atoms with Gasteiger partial charge in [0.2, 0.25) is 0 Å². The third kappa shape index (κ3) is 4.07. The number of rotatable bonds is 6. The molecule has 0 amide bonds. The van der Waals surface area contributed by atoms with Crippen LogP contribution < -0.4 is 9.47 Å². The Morgan fingerprint density at radius 1 is 1.08 bits per heavy atom. The molecule has 2 rings (SSSR count). The van der Waals surface area contributed by atoms with E-state index in [1.807, 2.05) is 0 Å². The van der Waals surface area contributed by atoms with Gasteiger partial charge in [0.05, 0.1) is 17.6 Å². The van der Waals surface area contributed by atoms with Gasteiger partial charge in [-0.2, -0.15) is 0 Å². The van der Waals surface area contributed by atoms with Gasteiger partial charge >= 0.3 is 5.97 Å². The topological polar surface area (TPSA) is 78.7 Å². The molecule has 6 nitrogen and oxygen atoms in total. The van der Waals surface area contributed by atoms with Crippen LogP contribution in [0.3, 0.4) is 0 Å². The highest BCUT2D eigenvalue weighted by atomic mass is 16.6. The number of hydrogen-bond acceptors (Lipinski definition) is 5. The Kier molecular flexibility index (Phi) is 5.46. The molecule has 2 aromatic rings. The van der Waals surface area contributed by atoms with Gasteiger partial charge < -0.3 is 9.47 Å². The molecule has 0 saturated carbocycles. The minimum absolute atomic E-state index is 0.0770. The summed E-state index contributed by atoms with van der Waals surface area (Å²) in [5.74, 6) is 0.295. The van der Waals surface area contributed by atoms with E-state index in [-0.39, 0.29) is 11.4 Å². The average molecular weight is 325 g/mol. The van der Waals surface area contributed by atoms with Crippen molar-refractivity contribution in [3.63, 3.8) is 0 Å². The Hall–Kier alpha value is -3.41. The van der Waals surface area contributed by atoms with E-state index in [1.54, 1.807) is 31.4 Å². The van der Waals surface area contributed by atoms with E-state index in [4.69, 9.17) is 9.47 Å². The fourth-order valence-corrected chi connectivity index (χ4v) is 1.97. The van der Waals surface area contributed by atoms with Gasteiger partial charge in [0.15, 0.2) is 0 Å². The first-order valence-electron chi connectivity index (χ1n) is 6.99. The van der Waals surface area contributed by atoms with Gasteiger partial charge in [-0.3, -0.25) is 10.1 Å². The van der Waals surface area contributed by atoms with Crippen molar-refractivity contribution < 1.29 is 19.2 Å². The molecule has 2 aromatic carbocycles. The lowest BCUT2D eigenvalue weighted by Gasteiger charge is -2.09. The van der Waals surface area contributed by atoms with Crippen LogP contribution in [0.2, 0.25) is 0 Å². The maximum absolute atomic E-state index is 12.4. The summed E-state index contributed by atoms with van der Waals surface area (Å²) in [4.78, 5) is 22.5. The van der Waals surface area contributed by atoms with E-state index >= 15 is 0 Å². The summed E-state index contributed by atoms with van der Waals surface area (Å²) in [5, 5.41) is 10.6. The van der Waals surface area contributed by atoms with Crippen LogP contribution in [0.25, 0.3) is 5.57 Å². The van der Waals surface area contributed by atoms with Crippen LogP contribution in [0.15, 0.2) is 67.3 Å². The first kappa shape index (κ1) is 17.0. The van der Waals surface area contributed by atoms with Crippen molar-refractivity contribution in [3.8, 4) is 11.5 Å². The number of nitrogens with zero attached hydrogens (tertiary/aromatic N) is 1. The number of hydrogen-bond donors (Lipinski definition) is 0. The van der Waals surface area contributed by atoms with E-state index in [0.29, 0.717) is 16.9 Å². The van der Waals surface area contributed by atoms with Crippen LogP contribution in [0.1, 0.15) is 5.56 Å². The molecule has 0 atom stereocenters. The van der Waals surface area contributed by atoms with Crippen molar-refractivity contribution >= 4 is 17.2 Å². The van der Waals surface area contributed by atoms with E-state index < -0.39 is 10.9 Å². The molecular formula is C18H15NO5. The molecule has 6 heteroatoms.